The van der Waals surface area contributed by atoms with Crippen molar-refractivity contribution < 1.29 is 18.0 Å². The molecule has 166 valence electrons. The van der Waals surface area contributed by atoms with Gasteiger partial charge in [0, 0.05) is 5.56 Å². The zero-order valence-electron chi connectivity index (χ0n) is 18.3. The van der Waals surface area contributed by atoms with Gasteiger partial charge in [-0.05, 0) is 42.7 Å². The minimum atomic E-state index is -3.77. The summed E-state index contributed by atoms with van der Waals surface area (Å²) in [6.45, 7) is 2.96. The Kier molecular flexibility index (Phi) is 7.10. The fraction of sp³-hybridized carbons (Fsp3) is 0.200. The second kappa shape index (κ2) is 9.78. The number of rotatable bonds is 8. The topological polar surface area (TPSA) is 83.6 Å². The van der Waals surface area contributed by atoms with Gasteiger partial charge in [0.2, 0.25) is 15.9 Å². The molecule has 0 bridgehead atoms. The number of nitrogens with one attached hydrogen (secondary N) is 1. The van der Waals surface area contributed by atoms with E-state index < -0.39 is 28.5 Å². The zero-order chi connectivity index (χ0) is 23.3. The number of aryl methyl sites for hydroxylation is 1. The number of sulfonamides is 1. The lowest BCUT2D eigenvalue weighted by Crippen LogP contribution is -2.42. The first kappa shape index (κ1) is 23.2. The van der Waals surface area contributed by atoms with Crippen molar-refractivity contribution in [1.82, 2.24) is 5.32 Å². The van der Waals surface area contributed by atoms with Crippen molar-refractivity contribution in [2.24, 2.45) is 0 Å². The normalized spacial score (nSPS) is 12.1. The number of carbonyl (C=O) groups excluding carboxylic acids is 2. The van der Waals surface area contributed by atoms with Crippen molar-refractivity contribution in [3.05, 3.63) is 101 Å². The van der Waals surface area contributed by atoms with Gasteiger partial charge < -0.3 is 5.32 Å². The lowest BCUT2D eigenvalue weighted by atomic mass is 9.95. The van der Waals surface area contributed by atoms with Crippen LogP contribution < -0.4 is 9.62 Å². The summed E-state index contributed by atoms with van der Waals surface area (Å²) in [4.78, 5) is 24.8. The molecule has 0 aromatic heterocycles. The SMILES string of the molecule is CC(=O)c1cccc(N(CC(=O)NC(c2ccccc2)c2ccccc2C)S(C)(=O)=O)c1. The highest BCUT2D eigenvalue weighted by atomic mass is 32.2. The van der Waals surface area contributed by atoms with E-state index in [0.717, 1.165) is 27.3 Å². The Morgan fingerprint density at radius 2 is 1.59 bits per heavy atom. The molecule has 32 heavy (non-hydrogen) atoms. The second-order valence-corrected chi connectivity index (χ2v) is 9.55. The van der Waals surface area contributed by atoms with Gasteiger partial charge in [0.1, 0.15) is 6.54 Å². The molecule has 3 aromatic carbocycles. The Hall–Kier alpha value is -3.45. The van der Waals surface area contributed by atoms with Crippen molar-refractivity contribution in [1.29, 1.82) is 0 Å². The van der Waals surface area contributed by atoms with E-state index in [4.69, 9.17) is 0 Å². The molecule has 6 nitrogen and oxygen atoms in total. The number of hydrogen-bond donors (Lipinski definition) is 1. The first-order valence-corrected chi connectivity index (χ1v) is 12.0. The third-order valence-corrected chi connectivity index (χ3v) is 6.31. The largest absolute Gasteiger partial charge is 0.344 e. The maximum Gasteiger partial charge on any atom is 0.241 e. The molecule has 1 unspecified atom stereocenters. The maximum absolute atomic E-state index is 13.1. The van der Waals surface area contributed by atoms with Crippen molar-refractivity contribution in [2.45, 2.75) is 19.9 Å². The molecule has 1 atom stereocenters. The van der Waals surface area contributed by atoms with E-state index in [-0.39, 0.29) is 11.5 Å². The molecule has 0 aliphatic heterocycles. The van der Waals surface area contributed by atoms with Gasteiger partial charge in [0.15, 0.2) is 5.78 Å². The lowest BCUT2D eigenvalue weighted by Gasteiger charge is -2.25. The molecule has 3 rings (SSSR count). The van der Waals surface area contributed by atoms with E-state index in [1.54, 1.807) is 18.2 Å². The van der Waals surface area contributed by atoms with Gasteiger partial charge in [-0.2, -0.15) is 0 Å². The number of ketones is 1. The van der Waals surface area contributed by atoms with E-state index in [0.29, 0.717) is 5.56 Å². The minimum absolute atomic E-state index is 0.187. The number of Topliss-reactive ketones (excluding diaryl/α,β-unsaturated/α-hetero) is 1. The van der Waals surface area contributed by atoms with Crippen LogP contribution in [0.3, 0.4) is 0 Å². The van der Waals surface area contributed by atoms with E-state index in [1.165, 1.54) is 13.0 Å². The highest BCUT2D eigenvalue weighted by molar-refractivity contribution is 7.92. The quantitative estimate of drug-likeness (QED) is 0.528. The average molecular weight is 451 g/mol. The van der Waals surface area contributed by atoms with Gasteiger partial charge in [-0.25, -0.2) is 8.42 Å². The number of anilines is 1. The minimum Gasteiger partial charge on any atom is -0.344 e. The van der Waals surface area contributed by atoms with E-state index in [2.05, 4.69) is 5.32 Å². The predicted molar refractivity (Wildman–Crippen MR) is 126 cm³/mol. The van der Waals surface area contributed by atoms with E-state index >= 15 is 0 Å². The fourth-order valence-electron chi connectivity index (χ4n) is 3.51. The molecule has 1 N–H and O–H groups in total. The van der Waals surface area contributed by atoms with Gasteiger partial charge in [0.25, 0.3) is 0 Å². The Morgan fingerprint density at radius 1 is 0.938 bits per heavy atom. The summed E-state index contributed by atoms with van der Waals surface area (Å²) in [6.07, 6.45) is 1.04. The van der Waals surface area contributed by atoms with Crippen LogP contribution in [0.1, 0.15) is 40.0 Å². The highest BCUT2D eigenvalue weighted by Gasteiger charge is 2.24. The third-order valence-electron chi connectivity index (χ3n) is 5.17. The maximum atomic E-state index is 13.1. The molecule has 7 heteroatoms. The molecular formula is C25H26N2O4S. The monoisotopic (exact) mass is 450 g/mol. The first-order valence-electron chi connectivity index (χ1n) is 10.2. The lowest BCUT2D eigenvalue weighted by molar-refractivity contribution is -0.120. The smallest absolute Gasteiger partial charge is 0.241 e. The van der Waals surface area contributed by atoms with E-state index in [9.17, 15) is 18.0 Å². The zero-order valence-corrected chi connectivity index (χ0v) is 19.1. The van der Waals surface area contributed by atoms with Crippen molar-refractivity contribution >= 4 is 27.4 Å². The van der Waals surface area contributed by atoms with Crippen molar-refractivity contribution in [3.63, 3.8) is 0 Å². The Balaban J connectivity index is 1.92. The van der Waals surface area contributed by atoms with Crippen LogP contribution >= 0.6 is 0 Å². The Labute approximate surface area is 188 Å². The van der Waals surface area contributed by atoms with Crippen LogP contribution in [-0.2, 0) is 14.8 Å². The van der Waals surface area contributed by atoms with E-state index in [1.807, 2.05) is 61.5 Å². The molecule has 0 heterocycles. The van der Waals surface area contributed by atoms with Crippen LogP contribution in [0.4, 0.5) is 5.69 Å². The number of benzene rings is 3. The van der Waals surface area contributed by atoms with Gasteiger partial charge in [-0.1, -0.05) is 66.7 Å². The van der Waals surface area contributed by atoms with Gasteiger partial charge in [0.05, 0.1) is 18.0 Å². The van der Waals surface area contributed by atoms with Gasteiger partial charge in [-0.3, -0.25) is 13.9 Å². The Bertz CT molecular complexity index is 1220. The number of hydrogen-bond acceptors (Lipinski definition) is 4. The summed E-state index contributed by atoms with van der Waals surface area (Å²) >= 11 is 0. The second-order valence-electron chi connectivity index (χ2n) is 7.64. The molecule has 0 aliphatic rings. The molecule has 0 radical (unpaired) electrons. The standard InChI is InChI=1S/C25H26N2O4S/c1-18-10-7-8-15-23(18)25(20-11-5-4-6-12-20)26-24(29)17-27(32(3,30)31)22-14-9-13-21(16-22)19(2)28/h4-16,25H,17H2,1-3H3,(H,26,29). The molecule has 0 spiro atoms. The van der Waals surface area contributed by atoms with Gasteiger partial charge in [-0.15, -0.1) is 0 Å². The number of carbonyl (C=O) groups is 2. The highest BCUT2D eigenvalue weighted by Crippen LogP contribution is 2.25. The van der Waals surface area contributed by atoms with Crippen molar-refractivity contribution in [3.8, 4) is 0 Å². The number of nitrogens with zero attached hydrogens (tertiary/aromatic N) is 1. The third kappa shape index (κ3) is 5.62. The molecular weight excluding hydrogens is 424 g/mol. The Morgan fingerprint density at radius 3 is 2.22 bits per heavy atom. The fourth-order valence-corrected chi connectivity index (χ4v) is 4.36. The molecule has 1 amide bonds. The molecule has 0 saturated carbocycles. The molecule has 0 fully saturated rings. The van der Waals surface area contributed by atoms with Crippen LogP contribution in [0.5, 0.6) is 0 Å². The molecule has 3 aromatic rings. The summed E-state index contributed by atoms with van der Waals surface area (Å²) < 4.78 is 26.0. The summed E-state index contributed by atoms with van der Waals surface area (Å²) in [5, 5.41) is 2.99. The first-order chi connectivity index (χ1) is 15.2. The summed E-state index contributed by atoms with van der Waals surface area (Å²) in [7, 11) is -3.77. The molecule has 0 aliphatic carbocycles. The summed E-state index contributed by atoms with van der Waals surface area (Å²) in [5.74, 6) is -0.644. The van der Waals surface area contributed by atoms with Crippen LogP contribution in [-0.4, -0.2) is 32.9 Å². The van der Waals surface area contributed by atoms with Gasteiger partial charge >= 0.3 is 0 Å². The predicted octanol–water partition coefficient (Wildman–Crippen LogP) is 3.87. The number of amides is 1. The molecule has 0 saturated heterocycles. The van der Waals surface area contributed by atoms with Crippen LogP contribution in [0.2, 0.25) is 0 Å². The average Bonchev–Trinajstić information content (AvgIpc) is 2.76. The van der Waals surface area contributed by atoms with Crippen molar-refractivity contribution in [2.75, 3.05) is 17.1 Å². The summed E-state index contributed by atoms with van der Waals surface area (Å²) in [6, 6.07) is 23.1. The van der Waals surface area contributed by atoms with Crippen LogP contribution in [0.15, 0.2) is 78.9 Å². The van der Waals surface area contributed by atoms with Crippen LogP contribution in [0, 0.1) is 6.92 Å². The summed E-state index contributed by atoms with van der Waals surface area (Å²) in [5.41, 5.74) is 3.47. The van der Waals surface area contributed by atoms with Crippen LogP contribution in [0.25, 0.3) is 0 Å².